The van der Waals surface area contributed by atoms with Crippen LogP contribution >= 0.6 is 0 Å². The predicted octanol–water partition coefficient (Wildman–Crippen LogP) is -6.63. The molecule has 0 aliphatic carbocycles. The minimum Gasteiger partial charge on any atom is -0.542 e. The van der Waals surface area contributed by atoms with Gasteiger partial charge in [-0.15, -0.1) is 6.58 Å². The van der Waals surface area contributed by atoms with E-state index in [1.165, 1.54) is 13.2 Å². The van der Waals surface area contributed by atoms with Crippen LogP contribution in [0.2, 0.25) is 0 Å². The quantitative estimate of drug-likeness (QED) is 0.225. The Hall–Kier alpha value is -1.88. The van der Waals surface area contributed by atoms with E-state index in [1.807, 2.05) is 0 Å². The van der Waals surface area contributed by atoms with E-state index in [0.717, 1.165) is 0 Å². The molecule has 0 radical (unpaired) electrons. The molecule has 29 heavy (non-hydrogen) atoms. The summed E-state index contributed by atoms with van der Waals surface area (Å²) in [5, 5.41) is 21.7. The Bertz CT molecular complexity index is 1250. The maximum atomic E-state index is 12.5. The van der Waals surface area contributed by atoms with Crippen molar-refractivity contribution < 1.29 is 92.5 Å². The summed E-state index contributed by atoms with van der Waals surface area (Å²) >= 11 is 0. The molecule has 0 aliphatic rings. The molecule has 11 heteroatoms. The number of hydrogen-bond donors (Lipinski definition) is 0. The Morgan fingerprint density at radius 2 is 1.48 bits per heavy atom. The van der Waals surface area contributed by atoms with Gasteiger partial charge in [0, 0.05) is 17.7 Å². The molecule has 1 aromatic carbocycles. The zero-order valence-corrected chi connectivity index (χ0v) is 19.8. The van der Waals surface area contributed by atoms with Crippen LogP contribution in [0, 0.1) is 0 Å². The van der Waals surface area contributed by atoms with Gasteiger partial charge in [-0.05, 0) is 6.42 Å². The first-order valence-electron chi connectivity index (χ1n) is 7.48. The van der Waals surface area contributed by atoms with Crippen LogP contribution in [-0.2, 0) is 6.42 Å². The Morgan fingerprint density at radius 1 is 1.00 bits per heavy atom. The van der Waals surface area contributed by atoms with Gasteiger partial charge in [0.2, 0.25) is 0 Å². The minimum absolute atomic E-state index is 0. The molecule has 2 aromatic heterocycles. The number of allylic oxidation sites excluding steroid dienone is 1. The Kier molecular flexibility index (Phi) is 8.46. The van der Waals surface area contributed by atoms with E-state index >= 15 is 0 Å². The molecule has 138 valence electrons. The van der Waals surface area contributed by atoms with Crippen molar-refractivity contribution in [1.29, 1.82) is 0 Å². The van der Waals surface area contributed by atoms with Gasteiger partial charge in [0.1, 0.15) is 34.0 Å². The van der Waals surface area contributed by atoms with Gasteiger partial charge in [-0.1, -0.05) is 6.08 Å². The normalized spacial score (nSPS) is 10.1. The van der Waals surface area contributed by atoms with Crippen LogP contribution in [0.1, 0.15) is 26.7 Å². The molecular formula is C18H10Na2O9. The topological polar surface area (TPSA) is 150 Å². The number of carboxylic acids is 2. The fourth-order valence-electron chi connectivity index (χ4n) is 2.82. The van der Waals surface area contributed by atoms with Crippen LogP contribution in [0.15, 0.2) is 43.2 Å². The molecule has 0 fully saturated rings. The molecule has 0 spiro atoms. The van der Waals surface area contributed by atoms with Crippen molar-refractivity contribution in [3.63, 3.8) is 0 Å². The molecule has 2 heterocycles. The summed E-state index contributed by atoms with van der Waals surface area (Å²) in [5.74, 6) is -5.13. The third-order valence-corrected chi connectivity index (χ3v) is 3.85. The number of carbonyl (C=O) groups excluding carboxylic acids is 2. The summed E-state index contributed by atoms with van der Waals surface area (Å²) in [7, 11) is 1.24. The third kappa shape index (κ3) is 4.35. The van der Waals surface area contributed by atoms with Crippen molar-refractivity contribution in [1.82, 2.24) is 0 Å². The smallest absolute Gasteiger partial charge is 0.542 e. The molecule has 0 aliphatic heterocycles. The zero-order valence-electron chi connectivity index (χ0n) is 15.8. The molecule has 0 N–H and O–H groups in total. The van der Waals surface area contributed by atoms with Gasteiger partial charge in [0.15, 0.2) is 28.0 Å². The van der Waals surface area contributed by atoms with Gasteiger partial charge in [-0.25, -0.2) is 0 Å². The van der Waals surface area contributed by atoms with E-state index < -0.39 is 39.9 Å². The summed E-state index contributed by atoms with van der Waals surface area (Å²) in [4.78, 5) is 47.2. The number of hydrogen-bond acceptors (Lipinski definition) is 9. The molecule has 3 aromatic rings. The third-order valence-electron chi connectivity index (χ3n) is 3.85. The van der Waals surface area contributed by atoms with E-state index in [-0.39, 0.29) is 93.2 Å². The monoisotopic (exact) mass is 416 g/mol. The SMILES string of the molecule is C=CCc1c(OC)c2c(=O)cc(C(=O)[O-])oc2c2c(=O)cc(C(=O)[O-])oc12.[Na+].[Na+]. The number of benzene rings is 1. The van der Waals surface area contributed by atoms with Crippen molar-refractivity contribution in [3.05, 3.63) is 62.3 Å². The summed E-state index contributed by atoms with van der Waals surface area (Å²) in [6, 6.07) is 1.34. The van der Waals surface area contributed by atoms with Crippen LogP contribution < -0.4 is 84.9 Å². The minimum atomic E-state index is -1.77. The van der Waals surface area contributed by atoms with Crippen LogP contribution in [0.3, 0.4) is 0 Å². The summed E-state index contributed by atoms with van der Waals surface area (Å²) < 4.78 is 15.7. The van der Waals surface area contributed by atoms with Crippen molar-refractivity contribution in [2.75, 3.05) is 7.11 Å². The molecule has 0 atom stereocenters. The first kappa shape index (κ1) is 25.2. The van der Waals surface area contributed by atoms with Crippen LogP contribution in [0.25, 0.3) is 21.9 Å². The van der Waals surface area contributed by atoms with E-state index in [2.05, 4.69) is 6.58 Å². The molecule has 0 unspecified atom stereocenters. The Balaban J connectivity index is 0.00000210. The van der Waals surface area contributed by atoms with Gasteiger partial charge in [-0.2, -0.15) is 0 Å². The second-order valence-corrected chi connectivity index (χ2v) is 5.44. The van der Waals surface area contributed by atoms with Gasteiger partial charge in [0.05, 0.1) is 7.11 Å². The van der Waals surface area contributed by atoms with Gasteiger partial charge in [-0.3, -0.25) is 9.59 Å². The fraction of sp³-hybridized carbons (Fsp3) is 0.111. The van der Waals surface area contributed by atoms with Gasteiger partial charge >= 0.3 is 59.1 Å². The number of fused-ring (bicyclic) bond motifs is 3. The van der Waals surface area contributed by atoms with E-state index in [1.54, 1.807) is 0 Å². The average Bonchev–Trinajstić information content (AvgIpc) is 2.61. The second-order valence-electron chi connectivity index (χ2n) is 5.44. The summed E-state index contributed by atoms with van der Waals surface area (Å²) in [6.45, 7) is 3.57. The Labute approximate surface area is 206 Å². The molecule has 0 saturated heterocycles. The number of carbonyl (C=O) groups is 2. The largest absolute Gasteiger partial charge is 1.00 e. The molecule has 9 nitrogen and oxygen atoms in total. The number of methoxy groups -OCH3 is 1. The maximum absolute atomic E-state index is 12.5. The van der Waals surface area contributed by atoms with Crippen molar-refractivity contribution >= 4 is 33.9 Å². The van der Waals surface area contributed by atoms with E-state index in [0.29, 0.717) is 12.1 Å². The summed E-state index contributed by atoms with van der Waals surface area (Å²) in [6.07, 6.45) is 1.47. The Morgan fingerprint density at radius 3 is 1.93 bits per heavy atom. The second kappa shape index (κ2) is 9.75. The molecular weight excluding hydrogens is 406 g/mol. The zero-order chi connectivity index (χ0) is 19.9. The predicted molar refractivity (Wildman–Crippen MR) is 87.6 cm³/mol. The van der Waals surface area contributed by atoms with Crippen LogP contribution in [0.5, 0.6) is 5.75 Å². The molecule has 0 amide bonds. The first-order valence-corrected chi connectivity index (χ1v) is 7.48. The fourth-order valence-corrected chi connectivity index (χ4v) is 2.82. The average molecular weight is 416 g/mol. The summed E-state index contributed by atoms with van der Waals surface area (Å²) in [5.41, 5.74) is -2.15. The number of rotatable bonds is 5. The van der Waals surface area contributed by atoms with Crippen molar-refractivity contribution in [2.45, 2.75) is 6.42 Å². The van der Waals surface area contributed by atoms with Gasteiger partial charge < -0.3 is 33.4 Å². The van der Waals surface area contributed by atoms with Crippen molar-refractivity contribution in [3.8, 4) is 5.75 Å². The maximum Gasteiger partial charge on any atom is 1.00 e. The van der Waals surface area contributed by atoms with E-state index in [4.69, 9.17) is 13.6 Å². The first-order chi connectivity index (χ1) is 12.8. The number of aromatic carboxylic acids is 2. The van der Waals surface area contributed by atoms with Crippen LogP contribution in [-0.4, -0.2) is 19.0 Å². The van der Waals surface area contributed by atoms with Crippen molar-refractivity contribution in [2.24, 2.45) is 0 Å². The van der Waals surface area contributed by atoms with Crippen LogP contribution in [0.4, 0.5) is 0 Å². The molecule has 3 rings (SSSR count). The van der Waals surface area contributed by atoms with E-state index in [9.17, 15) is 29.4 Å². The standard InChI is InChI=1S/C18H12O9.2Na/c1-3-4-7-14(25-2)12-8(19)5-11(18(23)24)27-16(12)13-9(20)6-10(17(21)22)26-15(7)13;;/h3,5-6H,1,4H2,2H3,(H,21,22)(H,23,24);;/q;2*+1/p-2. The number of ether oxygens (including phenoxy) is 1. The molecule has 0 bridgehead atoms. The molecule has 0 saturated carbocycles. The number of carboxylic acid groups (broad SMARTS) is 2. The van der Waals surface area contributed by atoms with Gasteiger partial charge in [0.25, 0.3) is 0 Å².